The Morgan fingerprint density at radius 3 is 3.06 bits per heavy atom. The molecule has 2 heterocycles. The molecule has 0 N–H and O–H groups in total. The molecule has 1 saturated heterocycles. The van der Waals surface area contributed by atoms with Crippen molar-refractivity contribution in [2.45, 2.75) is 32.4 Å². The fourth-order valence-electron chi connectivity index (χ4n) is 2.40. The summed E-state index contributed by atoms with van der Waals surface area (Å²) in [6, 6.07) is 2.07. The van der Waals surface area contributed by atoms with Gasteiger partial charge in [-0.25, -0.2) is 0 Å². The molecule has 0 aliphatic carbocycles. The quantitative estimate of drug-likeness (QED) is 0.847. The number of ether oxygens (including phenoxy) is 1. The lowest BCUT2D eigenvalue weighted by atomic mass is 9.98. The fourth-order valence-corrected chi connectivity index (χ4v) is 3.60. The Morgan fingerprint density at radius 2 is 2.44 bits per heavy atom. The predicted octanol–water partition coefficient (Wildman–Crippen LogP) is 3.28. The molecule has 3 nitrogen and oxygen atoms in total. The molecule has 0 saturated carbocycles. The van der Waals surface area contributed by atoms with Gasteiger partial charge in [0.1, 0.15) is 0 Å². The van der Waals surface area contributed by atoms with Gasteiger partial charge in [-0.05, 0) is 45.8 Å². The minimum atomic E-state index is 0.0436. The van der Waals surface area contributed by atoms with Gasteiger partial charge in [0.05, 0.1) is 15.8 Å². The monoisotopic (exact) mass is 331 g/mol. The third kappa shape index (κ3) is 3.13. The van der Waals surface area contributed by atoms with Crippen LogP contribution in [-0.2, 0) is 16.1 Å². The van der Waals surface area contributed by atoms with Crippen molar-refractivity contribution in [1.82, 2.24) is 4.90 Å². The summed E-state index contributed by atoms with van der Waals surface area (Å²) in [5.74, 6) is 0.253. The Hall–Kier alpha value is -0.390. The van der Waals surface area contributed by atoms with Crippen LogP contribution < -0.4 is 0 Å². The zero-order chi connectivity index (χ0) is 13.1. The van der Waals surface area contributed by atoms with Crippen LogP contribution in [0.15, 0.2) is 15.2 Å². The molecule has 2 rings (SSSR count). The summed E-state index contributed by atoms with van der Waals surface area (Å²) in [5.41, 5.74) is 1.18. The standard InChI is InChI=1S/C13H18BrNO2S/c1-3-11-10(4-5-17-11)13(16)15(2)7-9-6-12(14)18-8-9/h6,8,10-11H,3-5,7H2,1-2H3. The van der Waals surface area contributed by atoms with E-state index in [1.54, 1.807) is 11.3 Å². The van der Waals surface area contributed by atoms with Crippen molar-refractivity contribution in [3.8, 4) is 0 Å². The van der Waals surface area contributed by atoms with Crippen LogP contribution in [0.2, 0.25) is 0 Å². The van der Waals surface area contributed by atoms with Crippen LogP contribution in [0.25, 0.3) is 0 Å². The lowest BCUT2D eigenvalue weighted by molar-refractivity contribution is -0.136. The second-order valence-corrected chi connectivity index (χ2v) is 6.96. The van der Waals surface area contributed by atoms with Crippen molar-refractivity contribution in [1.29, 1.82) is 0 Å². The van der Waals surface area contributed by atoms with Crippen molar-refractivity contribution < 1.29 is 9.53 Å². The summed E-state index contributed by atoms with van der Waals surface area (Å²) in [7, 11) is 1.87. The molecule has 1 aliphatic heterocycles. The lowest BCUT2D eigenvalue weighted by Crippen LogP contribution is -2.36. The van der Waals surface area contributed by atoms with E-state index in [0.29, 0.717) is 13.2 Å². The van der Waals surface area contributed by atoms with Crippen LogP contribution in [0.5, 0.6) is 0 Å². The maximum absolute atomic E-state index is 12.4. The molecule has 100 valence electrons. The van der Waals surface area contributed by atoms with Crippen LogP contribution >= 0.6 is 27.3 Å². The van der Waals surface area contributed by atoms with E-state index in [9.17, 15) is 4.79 Å². The van der Waals surface area contributed by atoms with Crippen LogP contribution in [0.1, 0.15) is 25.3 Å². The lowest BCUT2D eigenvalue weighted by Gasteiger charge is -2.23. The van der Waals surface area contributed by atoms with Crippen molar-refractivity contribution in [3.63, 3.8) is 0 Å². The molecular formula is C13H18BrNO2S. The molecule has 1 amide bonds. The predicted molar refractivity (Wildman–Crippen MR) is 76.6 cm³/mol. The number of amides is 1. The third-order valence-electron chi connectivity index (χ3n) is 3.35. The SMILES string of the molecule is CCC1OCCC1C(=O)N(C)Cc1csc(Br)c1. The van der Waals surface area contributed by atoms with Gasteiger partial charge in [-0.1, -0.05) is 6.92 Å². The van der Waals surface area contributed by atoms with Gasteiger partial charge in [0.2, 0.25) is 5.91 Å². The number of thiophene rings is 1. The van der Waals surface area contributed by atoms with E-state index in [-0.39, 0.29) is 17.9 Å². The molecule has 0 spiro atoms. The van der Waals surface area contributed by atoms with Crippen molar-refractivity contribution in [2.24, 2.45) is 5.92 Å². The number of carbonyl (C=O) groups is 1. The highest BCUT2D eigenvalue weighted by Crippen LogP contribution is 2.26. The Bertz CT molecular complexity index is 421. The number of rotatable bonds is 4. The first-order valence-corrected chi connectivity index (χ1v) is 7.88. The first-order valence-electron chi connectivity index (χ1n) is 6.21. The van der Waals surface area contributed by atoms with Crippen molar-refractivity contribution in [2.75, 3.05) is 13.7 Å². The smallest absolute Gasteiger partial charge is 0.228 e. The Kier molecular flexibility index (Phi) is 4.81. The fraction of sp³-hybridized carbons (Fsp3) is 0.615. The summed E-state index contributed by atoms with van der Waals surface area (Å²) in [5, 5.41) is 2.08. The average molecular weight is 332 g/mol. The topological polar surface area (TPSA) is 29.5 Å². The van der Waals surface area contributed by atoms with Crippen LogP contribution in [-0.4, -0.2) is 30.6 Å². The van der Waals surface area contributed by atoms with E-state index >= 15 is 0 Å². The summed E-state index contributed by atoms with van der Waals surface area (Å²) in [6.07, 6.45) is 1.87. The molecule has 5 heteroatoms. The van der Waals surface area contributed by atoms with Crippen molar-refractivity contribution >= 4 is 33.2 Å². The molecule has 0 radical (unpaired) electrons. The maximum atomic E-state index is 12.4. The number of halogens is 1. The number of nitrogens with zero attached hydrogens (tertiary/aromatic N) is 1. The Balaban J connectivity index is 1.96. The van der Waals surface area contributed by atoms with Gasteiger partial charge in [0.15, 0.2) is 0 Å². The number of carbonyl (C=O) groups excluding carboxylic acids is 1. The zero-order valence-corrected chi connectivity index (χ0v) is 13.1. The molecule has 1 aromatic heterocycles. The Labute approximate surface area is 120 Å². The molecule has 0 bridgehead atoms. The second-order valence-electron chi connectivity index (χ2n) is 4.67. The highest BCUT2D eigenvalue weighted by molar-refractivity contribution is 9.11. The maximum Gasteiger partial charge on any atom is 0.228 e. The van der Waals surface area contributed by atoms with Gasteiger partial charge in [-0.3, -0.25) is 4.79 Å². The van der Waals surface area contributed by atoms with Gasteiger partial charge in [0, 0.05) is 20.2 Å². The van der Waals surface area contributed by atoms with Crippen LogP contribution in [0.3, 0.4) is 0 Å². The molecule has 0 aromatic carbocycles. The summed E-state index contributed by atoms with van der Waals surface area (Å²) in [4.78, 5) is 14.2. The van der Waals surface area contributed by atoms with E-state index in [0.717, 1.165) is 16.6 Å². The van der Waals surface area contributed by atoms with Gasteiger partial charge < -0.3 is 9.64 Å². The molecule has 1 fully saturated rings. The molecule has 1 aliphatic rings. The highest BCUT2D eigenvalue weighted by atomic mass is 79.9. The molecule has 18 heavy (non-hydrogen) atoms. The van der Waals surface area contributed by atoms with Crippen LogP contribution in [0, 0.1) is 5.92 Å². The number of hydrogen-bond donors (Lipinski definition) is 0. The normalized spacial score (nSPS) is 23.3. The first kappa shape index (κ1) is 14.0. The van der Waals surface area contributed by atoms with E-state index in [1.165, 1.54) is 5.56 Å². The summed E-state index contributed by atoms with van der Waals surface area (Å²) >= 11 is 5.09. The van der Waals surface area contributed by atoms with Crippen molar-refractivity contribution in [3.05, 3.63) is 20.8 Å². The molecular weight excluding hydrogens is 314 g/mol. The molecule has 2 atom stereocenters. The first-order chi connectivity index (χ1) is 8.61. The van der Waals surface area contributed by atoms with E-state index in [1.807, 2.05) is 11.9 Å². The van der Waals surface area contributed by atoms with E-state index in [2.05, 4.69) is 34.3 Å². The highest BCUT2D eigenvalue weighted by Gasteiger charge is 2.34. The third-order valence-corrected chi connectivity index (χ3v) is 4.90. The number of hydrogen-bond acceptors (Lipinski definition) is 3. The summed E-state index contributed by atoms with van der Waals surface area (Å²) < 4.78 is 6.69. The van der Waals surface area contributed by atoms with Gasteiger partial charge in [-0.15, -0.1) is 11.3 Å². The minimum absolute atomic E-state index is 0.0436. The van der Waals surface area contributed by atoms with Gasteiger partial charge >= 0.3 is 0 Å². The van der Waals surface area contributed by atoms with Gasteiger partial charge in [-0.2, -0.15) is 0 Å². The second kappa shape index (κ2) is 6.17. The Morgan fingerprint density at radius 1 is 1.67 bits per heavy atom. The zero-order valence-electron chi connectivity index (χ0n) is 10.7. The van der Waals surface area contributed by atoms with Crippen LogP contribution in [0.4, 0.5) is 0 Å². The minimum Gasteiger partial charge on any atom is -0.377 e. The largest absolute Gasteiger partial charge is 0.377 e. The van der Waals surface area contributed by atoms with E-state index in [4.69, 9.17) is 4.74 Å². The molecule has 2 unspecified atom stereocenters. The van der Waals surface area contributed by atoms with E-state index < -0.39 is 0 Å². The average Bonchev–Trinajstić information content (AvgIpc) is 2.96. The summed E-state index contributed by atoms with van der Waals surface area (Å²) in [6.45, 7) is 3.47. The molecule has 1 aromatic rings. The van der Waals surface area contributed by atoms with Gasteiger partial charge in [0.25, 0.3) is 0 Å².